The third-order valence-corrected chi connectivity index (χ3v) is 15.1. The maximum Gasteiger partial charge on any atom is 0.343 e. The SMILES string of the molecule is C=C(COc1ccc2nc3c(cc2c1)Cn1c-3cc2c(c1=O)COC(=O)C2(O)CC)C(=O)N1CCN(c2nc(OCC3CCCN3C)nc3c2CCN(c2cccc4cccc(C)c24)C3)CC1CC#N. The van der Waals surface area contributed by atoms with Crippen LogP contribution < -0.4 is 24.8 Å². The summed E-state index contributed by atoms with van der Waals surface area (Å²) in [5.41, 5.74) is 5.55. The number of hydrogen-bond donors (Lipinski definition) is 1. The van der Waals surface area contributed by atoms with E-state index in [1.165, 1.54) is 22.0 Å². The largest absolute Gasteiger partial charge is 0.489 e. The second-order valence-corrected chi connectivity index (χ2v) is 19.3. The molecule has 6 aromatic rings. The second kappa shape index (κ2) is 17.9. The van der Waals surface area contributed by atoms with Crippen LogP contribution in [0.25, 0.3) is 33.1 Å². The number of likely N-dealkylation sites (tertiary alicyclic amines) is 1. The Balaban J connectivity index is 0.797. The lowest BCUT2D eigenvalue weighted by molar-refractivity contribution is -0.172. The Kier molecular flexibility index (Phi) is 11.5. The highest BCUT2D eigenvalue weighted by Gasteiger charge is 2.45. The number of anilines is 2. The average molecular weight is 942 g/mol. The van der Waals surface area contributed by atoms with Gasteiger partial charge in [-0.1, -0.05) is 43.8 Å². The number of nitrogens with zero attached hydrogens (tertiary/aromatic N) is 9. The molecule has 0 spiro atoms. The predicted octanol–water partition coefficient (Wildman–Crippen LogP) is 5.93. The van der Waals surface area contributed by atoms with Gasteiger partial charge < -0.3 is 43.5 Å². The highest BCUT2D eigenvalue weighted by molar-refractivity contribution is 5.97. The minimum absolute atomic E-state index is 0.0619. The molecule has 0 bridgehead atoms. The van der Waals surface area contributed by atoms with E-state index in [2.05, 4.69) is 77.7 Å². The second-order valence-electron chi connectivity index (χ2n) is 19.3. The summed E-state index contributed by atoms with van der Waals surface area (Å²) in [5, 5.41) is 24.5. The molecule has 3 unspecified atom stereocenters. The molecular formula is C54H55N9O7. The molecule has 0 aliphatic carbocycles. The summed E-state index contributed by atoms with van der Waals surface area (Å²) in [5.74, 6) is 0.266. The minimum atomic E-state index is -1.91. The molecule has 1 N–H and O–H groups in total. The number of carbonyl (C=O) groups is 2. The summed E-state index contributed by atoms with van der Waals surface area (Å²) >= 11 is 0. The molecule has 16 heteroatoms. The van der Waals surface area contributed by atoms with Crippen LogP contribution in [-0.2, 0) is 46.0 Å². The van der Waals surface area contributed by atoms with Crippen LogP contribution >= 0.6 is 0 Å². The number of nitriles is 1. The molecule has 3 aromatic carbocycles. The van der Waals surface area contributed by atoms with Crippen molar-refractivity contribution in [2.75, 3.05) is 62.8 Å². The summed E-state index contributed by atoms with van der Waals surface area (Å²) in [6, 6.07) is 24.5. The van der Waals surface area contributed by atoms with Crippen LogP contribution in [0.2, 0.25) is 0 Å². The monoisotopic (exact) mass is 941 g/mol. The van der Waals surface area contributed by atoms with Crippen LogP contribution in [0, 0.1) is 18.3 Å². The number of hydrogen-bond acceptors (Lipinski definition) is 14. The van der Waals surface area contributed by atoms with Gasteiger partial charge in [0.25, 0.3) is 11.5 Å². The molecule has 2 saturated heterocycles. The molecule has 11 rings (SSSR count). The summed E-state index contributed by atoms with van der Waals surface area (Å²) in [6.45, 7) is 12.1. The number of benzene rings is 3. The van der Waals surface area contributed by atoms with Crippen LogP contribution in [0.1, 0.15) is 66.1 Å². The number of piperazine rings is 1. The van der Waals surface area contributed by atoms with E-state index in [0.29, 0.717) is 67.5 Å². The molecule has 2 fully saturated rings. The van der Waals surface area contributed by atoms with E-state index < -0.39 is 17.6 Å². The summed E-state index contributed by atoms with van der Waals surface area (Å²) < 4.78 is 19.4. The minimum Gasteiger partial charge on any atom is -0.489 e. The Bertz CT molecular complexity index is 3250. The molecule has 5 aliphatic rings. The van der Waals surface area contributed by atoms with Crippen LogP contribution in [-0.4, -0.2) is 111 Å². The Morgan fingerprint density at radius 2 is 1.80 bits per heavy atom. The van der Waals surface area contributed by atoms with E-state index >= 15 is 0 Å². The summed E-state index contributed by atoms with van der Waals surface area (Å²) in [6.07, 6.45) is 3.10. The number of amides is 1. The van der Waals surface area contributed by atoms with Gasteiger partial charge in [-0.2, -0.15) is 15.2 Å². The lowest BCUT2D eigenvalue weighted by atomic mass is 9.86. The van der Waals surface area contributed by atoms with Gasteiger partial charge in [0, 0.05) is 70.9 Å². The molecule has 3 aromatic heterocycles. The van der Waals surface area contributed by atoms with Gasteiger partial charge in [-0.05, 0) is 93.5 Å². The van der Waals surface area contributed by atoms with Gasteiger partial charge >= 0.3 is 12.0 Å². The number of ether oxygens (including phenoxy) is 3. The lowest BCUT2D eigenvalue weighted by Crippen LogP contribution is -2.56. The summed E-state index contributed by atoms with van der Waals surface area (Å²) in [4.78, 5) is 64.2. The van der Waals surface area contributed by atoms with E-state index in [1.54, 1.807) is 28.5 Å². The molecule has 5 aliphatic heterocycles. The van der Waals surface area contributed by atoms with Gasteiger partial charge in [-0.25, -0.2) is 9.78 Å². The third-order valence-electron chi connectivity index (χ3n) is 15.1. The van der Waals surface area contributed by atoms with Gasteiger partial charge in [-0.15, -0.1) is 0 Å². The predicted molar refractivity (Wildman–Crippen MR) is 264 cm³/mol. The number of aromatic nitrogens is 4. The molecule has 0 saturated carbocycles. The van der Waals surface area contributed by atoms with Gasteiger partial charge in [0.15, 0.2) is 5.60 Å². The fourth-order valence-corrected chi connectivity index (χ4v) is 11.1. The Morgan fingerprint density at radius 3 is 2.60 bits per heavy atom. The van der Waals surface area contributed by atoms with Crippen LogP contribution in [0.3, 0.4) is 0 Å². The van der Waals surface area contributed by atoms with Crippen molar-refractivity contribution in [3.63, 3.8) is 0 Å². The topological polar surface area (TPSA) is 179 Å². The van der Waals surface area contributed by atoms with Crippen molar-refractivity contribution in [3.8, 4) is 29.2 Å². The molecule has 3 atom stereocenters. The number of likely N-dealkylation sites (N-methyl/N-ethyl adjacent to an activating group) is 1. The van der Waals surface area contributed by atoms with Crippen molar-refractivity contribution < 1.29 is 28.9 Å². The maximum atomic E-state index is 14.2. The van der Waals surface area contributed by atoms with E-state index in [-0.39, 0.29) is 60.8 Å². The van der Waals surface area contributed by atoms with Gasteiger partial charge in [0.1, 0.15) is 31.4 Å². The first kappa shape index (κ1) is 45.1. The van der Waals surface area contributed by atoms with Gasteiger partial charge in [-0.3, -0.25) is 9.59 Å². The molecular weight excluding hydrogens is 887 g/mol. The summed E-state index contributed by atoms with van der Waals surface area (Å²) in [7, 11) is 2.13. The number of rotatable bonds is 11. The van der Waals surface area contributed by atoms with Crippen LogP contribution in [0.4, 0.5) is 11.5 Å². The van der Waals surface area contributed by atoms with E-state index in [1.807, 2.05) is 18.2 Å². The molecule has 0 radical (unpaired) electrons. The van der Waals surface area contributed by atoms with Crippen LogP contribution in [0.15, 0.2) is 83.7 Å². The molecule has 358 valence electrons. The number of aryl methyl sites for hydroxylation is 1. The number of carbonyl (C=O) groups excluding carboxylic acids is 2. The smallest absolute Gasteiger partial charge is 0.343 e. The first-order valence-corrected chi connectivity index (χ1v) is 24.2. The molecule has 70 heavy (non-hydrogen) atoms. The fraction of sp³-hybridized carbons (Fsp3) is 0.389. The number of esters is 1. The van der Waals surface area contributed by atoms with Crippen molar-refractivity contribution in [1.29, 1.82) is 5.26 Å². The highest BCUT2D eigenvalue weighted by Crippen LogP contribution is 2.40. The van der Waals surface area contributed by atoms with Gasteiger partial charge in [0.05, 0.1) is 59.8 Å². The first-order valence-electron chi connectivity index (χ1n) is 24.2. The molecule has 16 nitrogen and oxygen atoms in total. The zero-order valence-electron chi connectivity index (χ0n) is 39.7. The Hall–Kier alpha value is -7.35. The maximum absolute atomic E-state index is 14.2. The van der Waals surface area contributed by atoms with E-state index in [4.69, 9.17) is 29.2 Å². The van der Waals surface area contributed by atoms with E-state index in [9.17, 15) is 24.8 Å². The Labute approximate surface area is 405 Å². The zero-order valence-corrected chi connectivity index (χ0v) is 39.7. The number of cyclic esters (lactones) is 1. The van der Waals surface area contributed by atoms with Gasteiger partial charge in [0.2, 0.25) is 0 Å². The van der Waals surface area contributed by atoms with Crippen molar-refractivity contribution >= 4 is 45.1 Å². The fourth-order valence-electron chi connectivity index (χ4n) is 11.1. The third kappa shape index (κ3) is 7.77. The lowest BCUT2D eigenvalue weighted by Gasteiger charge is -2.42. The number of aliphatic hydroxyl groups is 1. The van der Waals surface area contributed by atoms with Crippen molar-refractivity contribution in [2.45, 2.75) is 83.3 Å². The number of pyridine rings is 2. The zero-order chi connectivity index (χ0) is 48.4. The molecule has 1 amide bonds. The normalized spacial score (nSPS) is 20.7. The standard InChI is InChI=1S/C54H55N9O7/c1-5-54(67)42-25-46-48-36(26-63(46)51(65)41(42)31-69-52(54)66)23-35-24-39(14-15-43(35)56-48)68-29-33(3)50(64)62-22-21-61(27-37(62)16-18-55)49-40-17-20-60(45-13-7-11-34-10-6-9-32(2)47(34)45)28-44(40)57-53(58-49)70-30-38-12-8-19-59(38)4/h6-7,9-11,13-15,23-25,37-38,67H,3,5,8,12,16-17,19-22,26-31H2,1-2,4H3. The van der Waals surface area contributed by atoms with E-state index in [0.717, 1.165) is 60.4 Å². The first-order chi connectivity index (χ1) is 33.9. The Morgan fingerprint density at radius 1 is 0.957 bits per heavy atom. The van der Waals surface area contributed by atoms with Crippen molar-refractivity contribution in [2.24, 2.45) is 0 Å². The highest BCUT2D eigenvalue weighted by atomic mass is 16.6. The average Bonchev–Trinajstić information content (AvgIpc) is 3.96. The molecule has 8 heterocycles. The van der Waals surface area contributed by atoms with Crippen molar-refractivity contribution in [3.05, 3.63) is 123 Å². The van der Waals surface area contributed by atoms with Crippen molar-refractivity contribution in [1.82, 2.24) is 29.3 Å². The quantitative estimate of drug-likeness (QED) is 0.119. The van der Waals surface area contributed by atoms with Crippen LogP contribution in [0.5, 0.6) is 11.8 Å². The number of fused-ring (bicyclic) bond motifs is 7.